The van der Waals surface area contributed by atoms with Gasteiger partial charge in [0.2, 0.25) is 5.89 Å². The molecule has 1 aromatic carbocycles. The molecule has 0 bridgehead atoms. The van der Waals surface area contributed by atoms with Crippen molar-refractivity contribution in [1.29, 1.82) is 0 Å². The summed E-state index contributed by atoms with van der Waals surface area (Å²) < 4.78 is 35.2. The molecule has 1 aliphatic rings. The first-order chi connectivity index (χ1) is 13.4. The number of sulfonamides is 1. The Morgan fingerprint density at radius 1 is 1.25 bits per heavy atom. The molecule has 3 heterocycles. The van der Waals surface area contributed by atoms with Crippen LogP contribution in [0.15, 0.2) is 52.4 Å². The Bertz CT molecular complexity index is 1080. The van der Waals surface area contributed by atoms with Gasteiger partial charge < -0.3 is 8.98 Å². The van der Waals surface area contributed by atoms with Crippen LogP contribution in [0, 0.1) is 0 Å². The maximum atomic E-state index is 13.1. The summed E-state index contributed by atoms with van der Waals surface area (Å²) >= 11 is 6.22. The highest BCUT2D eigenvalue weighted by atomic mass is 35.5. The van der Waals surface area contributed by atoms with Crippen molar-refractivity contribution in [2.75, 3.05) is 6.54 Å². The van der Waals surface area contributed by atoms with Gasteiger partial charge in [-0.1, -0.05) is 36.2 Å². The minimum atomic E-state index is -3.71. The van der Waals surface area contributed by atoms with E-state index in [0.29, 0.717) is 36.1 Å². The smallest absolute Gasteiger partial charge is 0.262 e. The largest absolute Gasteiger partial charge is 0.444 e. The predicted octanol–water partition coefficient (Wildman–Crippen LogP) is 3.57. The topological polar surface area (TPSA) is 81.2 Å². The van der Waals surface area contributed by atoms with E-state index >= 15 is 0 Å². The molecule has 0 N–H and O–H groups in total. The summed E-state index contributed by atoms with van der Waals surface area (Å²) in [5, 5.41) is 0.710. The van der Waals surface area contributed by atoms with E-state index in [1.807, 2.05) is 24.3 Å². The summed E-state index contributed by atoms with van der Waals surface area (Å²) in [6, 6.07) is 7.13. The van der Waals surface area contributed by atoms with Crippen molar-refractivity contribution in [1.82, 2.24) is 18.8 Å². The first kappa shape index (κ1) is 19.2. The Hall–Kier alpha value is -2.16. The molecule has 1 atom stereocenters. The highest BCUT2D eigenvalue weighted by Gasteiger charge is 2.38. The number of oxazole rings is 1. The van der Waals surface area contributed by atoms with Gasteiger partial charge in [-0.25, -0.2) is 18.4 Å². The van der Waals surface area contributed by atoms with Gasteiger partial charge >= 0.3 is 0 Å². The van der Waals surface area contributed by atoms with Gasteiger partial charge in [0, 0.05) is 31.2 Å². The van der Waals surface area contributed by atoms with Crippen molar-refractivity contribution in [3.63, 3.8) is 0 Å². The summed E-state index contributed by atoms with van der Waals surface area (Å²) in [6.07, 6.45) is 7.54. The number of nitrogens with zero attached hydrogens (tertiary/aromatic N) is 4. The van der Waals surface area contributed by atoms with Gasteiger partial charge in [0.1, 0.15) is 11.8 Å². The normalized spacial score (nSPS) is 18.4. The summed E-state index contributed by atoms with van der Waals surface area (Å²) in [5.74, 6) is 1.07. The van der Waals surface area contributed by atoms with Crippen LogP contribution in [0.4, 0.5) is 0 Å². The Labute approximate surface area is 169 Å². The third-order valence-electron chi connectivity index (χ3n) is 4.89. The number of hydrogen-bond donors (Lipinski definition) is 0. The van der Waals surface area contributed by atoms with Gasteiger partial charge in [0.05, 0.1) is 12.5 Å². The molecule has 148 valence electrons. The van der Waals surface area contributed by atoms with Crippen molar-refractivity contribution in [2.45, 2.75) is 36.8 Å². The minimum absolute atomic E-state index is 0.0461. The molecule has 1 aliphatic heterocycles. The Morgan fingerprint density at radius 2 is 2.07 bits per heavy atom. The van der Waals surface area contributed by atoms with E-state index in [-0.39, 0.29) is 5.03 Å². The molecule has 2 aromatic heterocycles. The fourth-order valence-corrected chi connectivity index (χ4v) is 5.29. The second-order valence-electron chi connectivity index (χ2n) is 6.94. The monoisotopic (exact) mass is 420 g/mol. The SMILES string of the molecule is Cn1cnc(S(=O)(=O)N2CCCC[C@H]2c2ncc(Cc3ccccc3Cl)o2)c1. The molecule has 0 amide bonds. The summed E-state index contributed by atoms with van der Waals surface area (Å²) in [6.45, 7) is 0.422. The van der Waals surface area contributed by atoms with Gasteiger partial charge in [-0.05, 0) is 24.5 Å². The van der Waals surface area contributed by atoms with Crippen molar-refractivity contribution < 1.29 is 12.8 Å². The van der Waals surface area contributed by atoms with Crippen LogP contribution in [0.3, 0.4) is 0 Å². The van der Waals surface area contributed by atoms with Gasteiger partial charge in [-0.2, -0.15) is 4.31 Å². The molecule has 4 rings (SSSR count). The standard InChI is InChI=1S/C19H21ClN4O3S/c1-23-12-18(22-13-23)28(25,26)24-9-5-4-8-17(24)19-21-11-15(27-19)10-14-6-2-3-7-16(14)20/h2-3,6-7,11-13,17H,4-5,8-10H2,1H3/t17-/m0/s1. The van der Waals surface area contributed by atoms with Crippen LogP contribution >= 0.6 is 11.6 Å². The lowest BCUT2D eigenvalue weighted by molar-refractivity contribution is 0.216. The van der Waals surface area contributed by atoms with E-state index in [1.54, 1.807) is 17.8 Å². The van der Waals surface area contributed by atoms with E-state index in [0.717, 1.165) is 18.4 Å². The summed E-state index contributed by atoms with van der Waals surface area (Å²) in [4.78, 5) is 8.42. The number of imidazole rings is 1. The second kappa shape index (κ2) is 7.69. The van der Waals surface area contributed by atoms with Crippen molar-refractivity contribution in [3.8, 4) is 0 Å². The number of benzene rings is 1. The third-order valence-corrected chi connectivity index (χ3v) is 7.05. The third kappa shape index (κ3) is 3.72. The highest BCUT2D eigenvalue weighted by Crippen LogP contribution is 2.35. The molecule has 28 heavy (non-hydrogen) atoms. The molecule has 1 fully saturated rings. The van der Waals surface area contributed by atoms with Gasteiger partial charge in [0.15, 0.2) is 5.03 Å². The first-order valence-electron chi connectivity index (χ1n) is 9.13. The zero-order valence-corrected chi connectivity index (χ0v) is 17.0. The average Bonchev–Trinajstić information content (AvgIpc) is 3.33. The lowest BCUT2D eigenvalue weighted by Gasteiger charge is -2.31. The molecule has 0 radical (unpaired) electrons. The zero-order chi connectivity index (χ0) is 19.7. The predicted molar refractivity (Wildman–Crippen MR) is 104 cm³/mol. The van der Waals surface area contributed by atoms with E-state index in [9.17, 15) is 8.42 Å². The lowest BCUT2D eigenvalue weighted by atomic mass is 10.1. The van der Waals surface area contributed by atoms with E-state index in [1.165, 1.54) is 16.8 Å². The number of hydrogen-bond acceptors (Lipinski definition) is 5. The van der Waals surface area contributed by atoms with Gasteiger partial charge in [-0.15, -0.1) is 0 Å². The van der Waals surface area contributed by atoms with Crippen LogP contribution in [-0.4, -0.2) is 33.8 Å². The van der Waals surface area contributed by atoms with Crippen LogP contribution in [-0.2, 0) is 23.5 Å². The molecule has 3 aromatic rings. The van der Waals surface area contributed by atoms with E-state index in [2.05, 4.69) is 9.97 Å². The fourth-order valence-electron chi connectivity index (χ4n) is 3.47. The Kier molecular flexibility index (Phi) is 5.27. The molecule has 0 aliphatic carbocycles. The highest BCUT2D eigenvalue weighted by molar-refractivity contribution is 7.89. The Balaban J connectivity index is 1.60. The van der Waals surface area contributed by atoms with Gasteiger partial charge in [-0.3, -0.25) is 0 Å². The zero-order valence-electron chi connectivity index (χ0n) is 15.5. The summed E-state index contributed by atoms with van der Waals surface area (Å²) in [7, 11) is -1.97. The van der Waals surface area contributed by atoms with E-state index in [4.69, 9.17) is 16.0 Å². The summed E-state index contributed by atoms with van der Waals surface area (Å²) in [5.41, 5.74) is 0.938. The lowest BCUT2D eigenvalue weighted by Crippen LogP contribution is -2.38. The molecule has 0 saturated carbocycles. The molecular weight excluding hydrogens is 400 g/mol. The number of aromatic nitrogens is 3. The van der Waals surface area contributed by atoms with Crippen molar-refractivity contribution >= 4 is 21.6 Å². The van der Waals surface area contributed by atoms with Crippen LogP contribution in [0.5, 0.6) is 0 Å². The Morgan fingerprint density at radius 3 is 2.82 bits per heavy atom. The second-order valence-corrected chi connectivity index (χ2v) is 9.18. The van der Waals surface area contributed by atoms with Crippen LogP contribution in [0.25, 0.3) is 0 Å². The van der Waals surface area contributed by atoms with Crippen molar-refractivity contribution in [3.05, 3.63) is 65.2 Å². The van der Waals surface area contributed by atoms with Crippen LogP contribution in [0.2, 0.25) is 5.02 Å². The molecule has 1 saturated heterocycles. The number of piperidine rings is 1. The molecule has 0 unspecified atom stereocenters. The number of aryl methyl sites for hydroxylation is 1. The fraction of sp³-hybridized carbons (Fsp3) is 0.368. The first-order valence-corrected chi connectivity index (χ1v) is 10.9. The molecular formula is C19H21ClN4O3S. The average molecular weight is 421 g/mol. The van der Waals surface area contributed by atoms with Crippen molar-refractivity contribution in [2.24, 2.45) is 7.05 Å². The van der Waals surface area contributed by atoms with Crippen LogP contribution in [0.1, 0.15) is 42.5 Å². The maximum absolute atomic E-state index is 13.1. The van der Waals surface area contributed by atoms with E-state index < -0.39 is 16.1 Å². The minimum Gasteiger partial charge on any atom is -0.444 e. The maximum Gasteiger partial charge on any atom is 0.262 e. The van der Waals surface area contributed by atoms with Crippen LogP contribution < -0.4 is 0 Å². The molecule has 7 nitrogen and oxygen atoms in total. The quantitative estimate of drug-likeness (QED) is 0.630. The number of rotatable bonds is 5. The number of halogens is 1. The molecule has 0 spiro atoms. The van der Waals surface area contributed by atoms with Gasteiger partial charge in [0.25, 0.3) is 10.0 Å². The molecule has 9 heteroatoms.